The minimum absolute atomic E-state index is 0.852. The van der Waals surface area contributed by atoms with Gasteiger partial charge in [-0.2, -0.15) is 0 Å². The van der Waals surface area contributed by atoms with Crippen LogP contribution in [-0.4, -0.2) is 15.4 Å². The van der Waals surface area contributed by atoms with E-state index in [9.17, 15) is 4.21 Å². The molecule has 1 atom stereocenters. The topological polar surface area (TPSA) is 30.0 Å². The van der Waals surface area contributed by atoms with Gasteiger partial charge in [-0.15, -0.1) is 0 Å². The molecule has 1 aromatic carbocycles. The molecule has 0 radical (unpaired) electrons. The Morgan fingerprint density at radius 3 is 2.85 bits per heavy atom. The van der Waals surface area contributed by atoms with E-state index in [1.807, 2.05) is 30.3 Å². The number of nitrogens with zero attached hydrogens (tertiary/aromatic N) is 1. The number of benzene rings is 1. The quantitative estimate of drug-likeness (QED) is 0.689. The van der Waals surface area contributed by atoms with Crippen molar-refractivity contribution in [1.29, 1.82) is 0 Å². The van der Waals surface area contributed by atoms with Gasteiger partial charge in [-0.25, -0.2) is 0 Å². The number of fused-ring (bicyclic) bond motifs is 1. The van der Waals surface area contributed by atoms with Crippen molar-refractivity contribution in [3.63, 3.8) is 0 Å². The smallest absolute Gasteiger partial charge is 0.0714 e. The number of hydrogen-bond acceptors (Lipinski definition) is 2. The second-order valence-electron chi connectivity index (χ2n) is 2.78. The van der Waals surface area contributed by atoms with Crippen LogP contribution in [0.5, 0.6) is 0 Å². The standard InChI is InChI=1S/C10H9NOS/c1-13(12)10-6-2-5-9-8(10)4-3-7-11-9/h2-7H,1H3. The SMILES string of the molecule is CS(=O)c1cccc2ncccc12. The Kier molecular flexibility index (Phi) is 2.10. The first-order valence-electron chi connectivity index (χ1n) is 3.96. The maximum absolute atomic E-state index is 11.3. The Bertz CT molecular complexity index is 462. The number of pyridine rings is 1. The van der Waals surface area contributed by atoms with E-state index in [0.29, 0.717) is 0 Å². The molecule has 0 aliphatic rings. The van der Waals surface area contributed by atoms with Crippen LogP contribution < -0.4 is 0 Å². The molecule has 0 N–H and O–H groups in total. The highest BCUT2D eigenvalue weighted by molar-refractivity contribution is 7.84. The average Bonchev–Trinajstić information content (AvgIpc) is 2.17. The maximum Gasteiger partial charge on any atom is 0.0714 e. The monoisotopic (exact) mass is 191 g/mol. The zero-order valence-corrected chi connectivity index (χ0v) is 8.04. The highest BCUT2D eigenvalue weighted by Crippen LogP contribution is 2.18. The fraction of sp³-hybridized carbons (Fsp3) is 0.100. The average molecular weight is 191 g/mol. The molecule has 0 saturated carbocycles. The molecule has 66 valence electrons. The molecule has 0 aliphatic heterocycles. The predicted octanol–water partition coefficient (Wildman–Crippen LogP) is 1.97. The van der Waals surface area contributed by atoms with Crippen molar-refractivity contribution in [2.45, 2.75) is 4.90 Å². The lowest BCUT2D eigenvalue weighted by Gasteiger charge is -2.01. The number of hydrogen-bond donors (Lipinski definition) is 0. The Labute approximate surface area is 79.1 Å². The molecule has 1 unspecified atom stereocenters. The fourth-order valence-electron chi connectivity index (χ4n) is 1.33. The summed E-state index contributed by atoms with van der Waals surface area (Å²) in [6.07, 6.45) is 3.42. The Hall–Kier alpha value is -1.22. The molecule has 0 fully saturated rings. The van der Waals surface area contributed by atoms with Crippen LogP contribution in [0, 0.1) is 0 Å². The van der Waals surface area contributed by atoms with E-state index in [1.54, 1.807) is 12.5 Å². The summed E-state index contributed by atoms with van der Waals surface area (Å²) in [7, 11) is -0.944. The highest BCUT2D eigenvalue weighted by Gasteiger charge is 2.02. The van der Waals surface area contributed by atoms with Gasteiger partial charge in [0.05, 0.1) is 16.3 Å². The third kappa shape index (κ3) is 1.47. The molecule has 2 nitrogen and oxygen atoms in total. The van der Waals surface area contributed by atoms with Crippen LogP contribution in [0.15, 0.2) is 41.4 Å². The van der Waals surface area contributed by atoms with Crippen molar-refractivity contribution in [3.05, 3.63) is 36.5 Å². The van der Waals surface area contributed by atoms with E-state index in [2.05, 4.69) is 4.98 Å². The molecule has 13 heavy (non-hydrogen) atoms. The van der Waals surface area contributed by atoms with E-state index < -0.39 is 10.8 Å². The summed E-state index contributed by atoms with van der Waals surface area (Å²) in [5, 5.41) is 0.978. The minimum atomic E-state index is -0.944. The third-order valence-corrected chi connectivity index (χ3v) is 2.89. The highest BCUT2D eigenvalue weighted by atomic mass is 32.2. The lowest BCUT2D eigenvalue weighted by atomic mass is 10.2. The summed E-state index contributed by atoms with van der Waals surface area (Å²) in [5.41, 5.74) is 0.898. The predicted molar refractivity (Wildman–Crippen MR) is 54.1 cm³/mol. The van der Waals surface area contributed by atoms with Crippen molar-refractivity contribution in [2.75, 3.05) is 6.26 Å². The maximum atomic E-state index is 11.3. The summed E-state index contributed by atoms with van der Waals surface area (Å²) in [4.78, 5) is 5.04. The minimum Gasteiger partial charge on any atom is -0.256 e. The molecular formula is C10H9NOS. The van der Waals surface area contributed by atoms with E-state index in [-0.39, 0.29) is 0 Å². The molecule has 0 aliphatic carbocycles. The molecule has 0 spiro atoms. The van der Waals surface area contributed by atoms with Gasteiger partial charge in [-0.1, -0.05) is 12.1 Å². The van der Waals surface area contributed by atoms with Gasteiger partial charge >= 0.3 is 0 Å². The molecule has 2 aromatic rings. The molecule has 3 heteroatoms. The number of aromatic nitrogens is 1. The fourth-order valence-corrected chi connectivity index (χ4v) is 2.08. The summed E-state index contributed by atoms with van der Waals surface area (Å²) in [6.45, 7) is 0. The van der Waals surface area contributed by atoms with Crippen molar-refractivity contribution in [2.24, 2.45) is 0 Å². The van der Waals surface area contributed by atoms with Crippen LogP contribution in [0.4, 0.5) is 0 Å². The van der Waals surface area contributed by atoms with E-state index >= 15 is 0 Å². The second-order valence-corrected chi connectivity index (χ2v) is 4.13. The van der Waals surface area contributed by atoms with Crippen LogP contribution in [0.3, 0.4) is 0 Å². The zero-order valence-electron chi connectivity index (χ0n) is 7.23. The van der Waals surface area contributed by atoms with Crippen LogP contribution in [0.2, 0.25) is 0 Å². The molecule has 2 rings (SSSR count). The lowest BCUT2D eigenvalue weighted by Crippen LogP contribution is -1.89. The van der Waals surface area contributed by atoms with E-state index in [0.717, 1.165) is 15.8 Å². The summed E-state index contributed by atoms with van der Waals surface area (Å²) < 4.78 is 11.3. The molecular weight excluding hydrogens is 182 g/mol. The second kappa shape index (κ2) is 3.26. The summed E-state index contributed by atoms with van der Waals surface area (Å²) in [6, 6.07) is 9.48. The molecule has 0 bridgehead atoms. The summed E-state index contributed by atoms with van der Waals surface area (Å²) in [5.74, 6) is 0. The van der Waals surface area contributed by atoms with Gasteiger partial charge in [0, 0.05) is 22.7 Å². The summed E-state index contributed by atoms with van der Waals surface area (Å²) >= 11 is 0. The molecule has 0 saturated heterocycles. The van der Waals surface area contributed by atoms with Crippen molar-refractivity contribution in [1.82, 2.24) is 4.98 Å². The normalized spacial score (nSPS) is 13.0. The van der Waals surface area contributed by atoms with Crippen molar-refractivity contribution in [3.8, 4) is 0 Å². The van der Waals surface area contributed by atoms with Gasteiger partial charge < -0.3 is 0 Å². The molecule has 0 amide bonds. The largest absolute Gasteiger partial charge is 0.256 e. The van der Waals surface area contributed by atoms with Crippen LogP contribution in [-0.2, 0) is 10.8 Å². The van der Waals surface area contributed by atoms with Gasteiger partial charge in [0.1, 0.15) is 0 Å². The lowest BCUT2D eigenvalue weighted by molar-refractivity contribution is 0.687. The first-order chi connectivity index (χ1) is 6.29. The Balaban J connectivity index is 2.83. The van der Waals surface area contributed by atoms with Crippen molar-refractivity contribution < 1.29 is 4.21 Å². The van der Waals surface area contributed by atoms with Gasteiger partial charge in [-0.3, -0.25) is 9.19 Å². The van der Waals surface area contributed by atoms with E-state index in [4.69, 9.17) is 0 Å². The van der Waals surface area contributed by atoms with E-state index in [1.165, 1.54) is 0 Å². The molecule has 1 heterocycles. The Morgan fingerprint density at radius 1 is 1.23 bits per heavy atom. The van der Waals surface area contributed by atoms with Crippen LogP contribution in [0.25, 0.3) is 10.9 Å². The third-order valence-electron chi connectivity index (χ3n) is 1.92. The van der Waals surface area contributed by atoms with Gasteiger partial charge in [0.25, 0.3) is 0 Å². The van der Waals surface area contributed by atoms with Crippen LogP contribution >= 0.6 is 0 Å². The van der Waals surface area contributed by atoms with Crippen LogP contribution in [0.1, 0.15) is 0 Å². The van der Waals surface area contributed by atoms with Gasteiger partial charge in [0.2, 0.25) is 0 Å². The zero-order chi connectivity index (χ0) is 9.26. The first-order valence-corrected chi connectivity index (χ1v) is 5.52. The van der Waals surface area contributed by atoms with Crippen molar-refractivity contribution >= 4 is 21.7 Å². The Morgan fingerprint density at radius 2 is 2.08 bits per heavy atom. The number of rotatable bonds is 1. The van der Waals surface area contributed by atoms with Gasteiger partial charge in [-0.05, 0) is 18.2 Å². The van der Waals surface area contributed by atoms with Gasteiger partial charge in [0.15, 0.2) is 0 Å². The first kappa shape index (κ1) is 8.38. The molecule has 1 aromatic heterocycles.